The van der Waals surface area contributed by atoms with Crippen molar-refractivity contribution in [3.05, 3.63) is 65.3 Å². The fourth-order valence-corrected chi connectivity index (χ4v) is 3.30. The molecule has 6 nitrogen and oxygen atoms in total. The second-order valence-electron chi connectivity index (χ2n) is 5.59. The summed E-state index contributed by atoms with van der Waals surface area (Å²) in [5.74, 6) is -0.691. The van der Waals surface area contributed by atoms with Crippen molar-refractivity contribution in [3.63, 3.8) is 0 Å². The van der Waals surface area contributed by atoms with E-state index in [1.165, 1.54) is 17.4 Å². The van der Waals surface area contributed by atoms with Gasteiger partial charge in [0, 0.05) is 29.0 Å². The number of halogens is 3. The Hall–Kier alpha value is -2.92. The van der Waals surface area contributed by atoms with Crippen molar-refractivity contribution < 1.29 is 22.8 Å². The first-order valence-electron chi connectivity index (χ1n) is 8.08. The Labute approximate surface area is 171 Å². The van der Waals surface area contributed by atoms with Crippen LogP contribution >= 0.6 is 23.1 Å². The van der Waals surface area contributed by atoms with Gasteiger partial charge in [-0.2, -0.15) is 13.2 Å². The zero-order valence-corrected chi connectivity index (χ0v) is 16.2. The second kappa shape index (κ2) is 9.05. The van der Waals surface area contributed by atoms with E-state index in [2.05, 4.69) is 20.6 Å². The van der Waals surface area contributed by atoms with Crippen LogP contribution in [0.2, 0.25) is 0 Å². The Morgan fingerprint density at radius 3 is 2.38 bits per heavy atom. The lowest BCUT2D eigenvalue weighted by molar-refractivity contribution is -0.137. The van der Waals surface area contributed by atoms with Gasteiger partial charge in [-0.05, 0) is 36.4 Å². The molecule has 0 unspecified atom stereocenters. The molecule has 0 atom stereocenters. The summed E-state index contributed by atoms with van der Waals surface area (Å²) in [5, 5.41) is 7.84. The molecular weight excluding hydrogens is 425 g/mol. The summed E-state index contributed by atoms with van der Waals surface area (Å²) < 4.78 is 37.5. The number of hydrogen-bond donors (Lipinski definition) is 2. The number of alkyl halides is 3. The van der Waals surface area contributed by atoms with Gasteiger partial charge >= 0.3 is 6.18 Å². The third-order valence-electron chi connectivity index (χ3n) is 3.50. The minimum Gasteiger partial charge on any atom is -0.325 e. The van der Waals surface area contributed by atoms with Gasteiger partial charge in [-0.15, -0.1) is 11.3 Å². The number of nitrogens with one attached hydrogen (secondary N) is 2. The highest BCUT2D eigenvalue weighted by Gasteiger charge is 2.30. The summed E-state index contributed by atoms with van der Waals surface area (Å²) in [4.78, 5) is 31.8. The summed E-state index contributed by atoms with van der Waals surface area (Å²) in [5.41, 5.74) is 0.0496. The highest BCUT2D eigenvalue weighted by molar-refractivity contribution is 7.99. The Bertz CT molecular complexity index is 976. The standard InChI is InChI=1S/C18H13F3N4O2S2/c19-18(20,21)12-3-6-15(23-9-12)29-10-14(26)24-13-4-1-11(2-5-13)16(27)25-17-22-7-8-28-17/h1-9H,10H2,(H,24,26)(H,22,25,27). The quantitative estimate of drug-likeness (QED) is 0.552. The Balaban J connectivity index is 1.49. The minimum atomic E-state index is -4.45. The summed E-state index contributed by atoms with van der Waals surface area (Å²) in [6.45, 7) is 0. The molecule has 0 spiro atoms. The average Bonchev–Trinajstić information content (AvgIpc) is 3.19. The summed E-state index contributed by atoms with van der Waals surface area (Å²) >= 11 is 2.32. The van der Waals surface area contributed by atoms with E-state index in [0.717, 1.165) is 24.0 Å². The molecule has 3 rings (SSSR count). The fourth-order valence-electron chi connectivity index (χ4n) is 2.13. The number of thiazole rings is 1. The van der Waals surface area contributed by atoms with Gasteiger partial charge < -0.3 is 5.32 Å². The van der Waals surface area contributed by atoms with E-state index in [1.54, 1.807) is 35.8 Å². The topological polar surface area (TPSA) is 84.0 Å². The van der Waals surface area contributed by atoms with Crippen molar-refractivity contribution in [2.24, 2.45) is 0 Å². The van der Waals surface area contributed by atoms with Crippen molar-refractivity contribution in [1.29, 1.82) is 0 Å². The maximum Gasteiger partial charge on any atom is 0.417 e. The number of thioether (sulfide) groups is 1. The number of amides is 2. The van der Waals surface area contributed by atoms with E-state index >= 15 is 0 Å². The Kier molecular flexibility index (Phi) is 6.49. The van der Waals surface area contributed by atoms with Crippen LogP contribution in [-0.4, -0.2) is 27.5 Å². The molecular formula is C18H13F3N4O2S2. The van der Waals surface area contributed by atoms with Crippen molar-refractivity contribution in [2.45, 2.75) is 11.2 Å². The van der Waals surface area contributed by atoms with Gasteiger partial charge in [0.25, 0.3) is 5.91 Å². The monoisotopic (exact) mass is 438 g/mol. The molecule has 2 amide bonds. The van der Waals surface area contributed by atoms with Gasteiger partial charge in [-0.3, -0.25) is 14.9 Å². The van der Waals surface area contributed by atoms with Crippen molar-refractivity contribution >= 4 is 45.7 Å². The molecule has 0 saturated carbocycles. The SMILES string of the molecule is O=C(CSc1ccc(C(F)(F)F)cn1)Nc1ccc(C(=O)Nc2nccs2)cc1. The lowest BCUT2D eigenvalue weighted by Crippen LogP contribution is -2.15. The Morgan fingerprint density at radius 2 is 1.79 bits per heavy atom. The van der Waals surface area contributed by atoms with Crippen molar-refractivity contribution in [2.75, 3.05) is 16.4 Å². The normalized spacial score (nSPS) is 11.1. The van der Waals surface area contributed by atoms with Crippen LogP contribution in [0.1, 0.15) is 15.9 Å². The lowest BCUT2D eigenvalue weighted by atomic mass is 10.2. The van der Waals surface area contributed by atoms with Gasteiger partial charge in [-0.1, -0.05) is 11.8 Å². The summed E-state index contributed by atoms with van der Waals surface area (Å²) in [7, 11) is 0. The molecule has 0 saturated heterocycles. The number of hydrogen-bond acceptors (Lipinski definition) is 6. The molecule has 0 aliphatic heterocycles. The zero-order valence-electron chi connectivity index (χ0n) is 14.6. The van der Waals surface area contributed by atoms with E-state index in [1.807, 2.05) is 0 Å². The maximum absolute atomic E-state index is 12.5. The number of nitrogens with zero attached hydrogens (tertiary/aromatic N) is 2. The predicted octanol–water partition coefficient (Wildman–Crippen LogP) is 4.54. The second-order valence-corrected chi connectivity index (χ2v) is 7.48. The molecule has 3 aromatic rings. The van der Waals surface area contributed by atoms with Gasteiger partial charge in [-0.25, -0.2) is 9.97 Å². The number of pyridine rings is 1. The fraction of sp³-hybridized carbons (Fsp3) is 0.111. The van der Waals surface area contributed by atoms with E-state index < -0.39 is 11.7 Å². The smallest absolute Gasteiger partial charge is 0.325 e. The van der Waals surface area contributed by atoms with Crippen LogP contribution in [0.25, 0.3) is 0 Å². The van der Waals surface area contributed by atoms with E-state index in [-0.39, 0.29) is 17.6 Å². The van der Waals surface area contributed by atoms with Gasteiger partial charge in [0.15, 0.2) is 5.13 Å². The number of aromatic nitrogens is 2. The van der Waals surface area contributed by atoms with Gasteiger partial charge in [0.1, 0.15) is 0 Å². The molecule has 0 aliphatic rings. The molecule has 2 aromatic heterocycles. The molecule has 2 N–H and O–H groups in total. The highest BCUT2D eigenvalue weighted by atomic mass is 32.2. The van der Waals surface area contributed by atoms with Crippen LogP contribution in [0.5, 0.6) is 0 Å². The molecule has 2 heterocycles. The summed E-state index contributed by atoms with van der Waals surface area (Å²) in [6.07, 6.45) is -2.14. The average molecular weight is 438 g/mol. The third-order valence-corrected chi connectivity index (χ3v) is 5.13. The molecule has 1 aromatic carbocycles. The number of carbonyl (C=O) groups excluding carboxylic acids is 2. The molecule has 0 aliphatic carbocycles. The van der Waals surface area contributed by atoms with Crippen LogP contribution in [0.4, 0.5) is 24.0 Å². The minimum absolute atomic E-state index is 0.0232. The van der Waals surface area contributed by atoms with Crippen LogP contribution < -0.4 is 10.6 Å². The summed E-state index contributed by atoms with van der Waals surface area (Å²) in [6, 6.07) is 8.41. The van der Waals surface area contributed by atoms with Gasteiger partial charge in [0.2, 0.25) is 5.91 Å². The largest absolute Gasteiger partial charge is 0.417 e. The van der Waals surface area contributed by atoms with Crippen LogP contribution in [-0.2, 0) is 11.0 Å². The third kappa shape index (κ3) is 6.03. The molecule has 0 fully saturated rings. The van der Waals surface area contributed by atoms with E-state index in [4.69, 9.17) is 0 Å². The van der Waals surface area contributed by atoms with Gasteiger partial charge in [0.05, 0.1) is 16.3 Å². The predicted molar refractivity (Wildman–Crippen MR) is 105 cm³/mol. The van der Waals surface area contributed by atoms with Crippen LogP contribution in [0.15, 0.2) is 59.2 Å². The number of carbonyl (C=O) groups is 2. The van der Waals surface area contributed by atoms with E-state index in [9.17, 15) is 22.8 Å². The number of rotatable bonds is 6. The maximum atomic E-state index is 12.5. The molecule has 0 radical (unpaired) electrons. The number of anilines is 2. The Morgan fingerprint density at radius 1 is 1.03 bits per heavy atom. The molecule has 29 heavy (non-hydrogen) atoms. The van der Waals surface area contributed by atoms with Crippen LogP contribution in [0.3, 0.4) is 0 Å². The first kappa shape index (κ1) is 20.8. The van der Waals surface area contributed by atoms with E-state index in [0.29, 0.717) is 21.4 Å². The first-order valence-corrected chi connectivity index (χ1v) is 9.94. The van der Waals surface area contributed by atoms with Crippen molar-refractivity contribution in [1.82, 2.24) is 9.97 Å². The van der Waals surface area contributed by atoms with Crippen LogP contribution in [0, 0.1) is 0 Å². The molecule has 0 bridgehead atoms. The number of benzene rings is 1. The highest BCUT2D eigenvalue weighted by Crippen LogP contribution is 2.29. The first-order chi connectivity index (χ1) is 13.8. The molecule has 150 valence electrons. The molecule has 11 heteroatoms. The zero-order chi connectivity index (χ0) is 20.9. The van der Waals surface area contributed by atoms with Crippen molar-refractivity contribution in [3.8, 4) is 0 Å². The lowest BCUT2D eigenvalue weighted by Gasteiger charge is -2.08.